The van der Waals surface area contributed by atoms with Gasteiger partial charge in [-0.2, -0.15) is 0 Å². The number of carbonyl (C=O) groups excluding carboxylic acids is 1. The summed E-state index contributed by atoms with van der Waals surface area (Å²) in [7, 11) is 0. The molecule has 7 nitrogen and oxygen atoms in total. The third-order valence-electron chi connectivity index (χ3n) is 4.00. The van der Waals surface area contributed by atoms with E-state index < -0.39 is 28.0 Å². The molecular weight excluding hydrogens is 312 g/mol. The second kappa shape index (κ2) is 5.66. The van der Waals surface area contributed by atoms with Crippen molar-refractivity contribution >= 4 is 23.4 Å². The molecule has 0 amide bonds. The second-order valence-electron chi connectivity index (χ2n) is 5.45. The maximum atomic E-state index is 11.6. The Labute approximate surface area is 131 Å². The number of hydrogen-bond acceptors (Lipinski definition) is 5. The molecule has 0 saturated heterocycles. The lowest BCUT2D eigenvalue weighted by atomic mass is 9.72. The number of aliphatic carboxylic acids is 1. The summed E-state index contributed by atoms with van der Waals surface area (Å²) in [6.07, 6.45) is 3.63. The standard InChI is InChI=1S/C14H15ClN2O5/c1-7-5-10(13(19)20)12(17(21)22)14(16,11(7)15)8-3-2-4-9(18)6-8/h5-6,12H,2-4,16H2,1H3,(H,19,20). The van der Waals surface area contributed by atoms with Gasteiger partial charge in [-0.15, -0.1) is 0 Å². The number of ketones is 1. The molecule has 2 aliphatic rings. The molecule has 118 valence electrons. The lowest BCUT2D eigenvalue weighted by Gasteiger charge is -2.38. The highest BCUT2D eigenvalue weighted by molar-refractivity contribution is 6.32. The molecule has 0 aromatic rings. The number of nitrogens with two attached hydrogens (primary N) is 1. The molecule has 0 aliphatic heterocycles. The Bertz CT molecular complexity index is 664. The molecule has 0 aromatic carbocycles. The summed E-state index contributed by atoms with van der Waals surface area (Å²) in [5.74, 6) is -1.62. The summed E-state index contributed by atoms with van der Waals surface area (Å²) < 4.78 is 0. The van der Waals surface area contributed by atoms with Gasteiger partial charge >= 0.3 is 5.97 Å². The number of rotatable bonds is 3. The SMILES string of the molecule is CC1=C(Cl)C(N)(C2=CC(=O)CCC2)C([N+](=O)[O-])C(C(=O)O)=C1. The molecule has 0 aromatic heterocycles. The minimum atomic E-state index is -1.81. The number of allylic oxidation sites excluding steroid dienone is 3. The summed E-state index contributed by atoms with van der Waals surface area (Å²) in [5, 5.41) is 20.8. The van der Waals surface area contributed by atoms with Crippen molar-refractivity contribution in [1.82, 2.24) is 0 Å². The number of nitro groups is 1. The Morgan fingerprint density at radius 3 is 2.64 bits per heavy atom. The van der Waals surface area contributed by atoms with Crippen molar-refractivity contribution in [2.75, 3.05) is 0 Å². The van der Waals surface area contributed by atoms with Crippen LogP contribution < -0.4 is 5.73 Å². The van der Waals surface area contributed by atoms with Gasteiger partial charge in [-0.05, 0) is 43.1 Å². The molecule has 2 atom stereocenters. The van der Waals surface area contributed by atoms with Crippen molar-refractivity contribution in [2.24, 2.45) is 5.73 Å². The average Bonchev–Trinajstić information content (AvgIpc) is 2.43. The molecule has 0 saturated carbocycles. The van der Waals surface area contributed by atoms with E-state index >= 15 is 0 Å². The first kappa shape index (κ1) is 16.4. The Hall–Kier alpha value is -1.99. The van der Waals surface area contributed by atoms with Crippen LogP contribution in [0, 0.1) is 10.1 Å². The fourth-order valence-electron chi connectivity index (χ4n) is 2.96. The first-order valence-corrected chi connectivity index (χ1v) is 7.05. The zero-order chi connectivity index (χ0) is 16.7. The number of carbonyl (C=O) groups is 2. The van der Waals surface area contributed by atoms with Crippen molar-refractivity contribution in [1.29, 1.82) is 0 Å². The van der Waals surface area contributed by atoms with Crippen LogP contribution in [0.1, 0.15) is 26.2 Å². The maximum Gasteiger partial charge on any atom is 0.338 e. The van der Waals surface area contributed by atoms with Crippen LogP contribution in [0.25, 0.3) is 0 Å². The number of carboxylic acid groups (broad SMARTS) is 1. The van der Waals surface area contributed by atoms with Crippen LogP contribution in [0.5, 0.6) is 0 Å². The fourth-order valence-corrected chi connectivity index (χ4v) is 3.24. The van der Waals surface area contributed by atoms with Crippen LogP contribution in [-0.2, 0) is 9.59 Å². The number of halogens is 1. The zero-order valence-electron chi connectivity index (χ0n) is 11.8. The van der Waals surface area contributed by atoms with Crippen LogP contribution in [0.4, 0.5) is 0 Å². The first-order chi connectivity index (χ1) is 10.2. The van der Waals surface area contributed by atoms with E-state index in [-0.39, 0.29) is 10.8 Å². The Morgan fingerprint density at radius 1 is 1.50 bits per heavy atom. The van der Waals surface area contributed by atoms with Gasteiger partial charge < -0.3 is 10.8 Å². The quantitative estimate of drug-likeness (QED) is 0.599. The molecule has 22 heavy (non-hydrogen) atoms. The molecule has 0 bridgehead atoms. The lowest BCUT2D eigenvalue weighted by Crippen LogP contribution is -2.59. The highest BCUT2D eigenvalue weighted by Crippen LogP contribution is 2.43. The lowest BCUT2D eigenvalue weighted by molar-refractivity contribution is -0.518. The molecule has 0 spiro atoms. The predicted octanol–water partition coefficient (Wildman–Crippen LogP) is 1.55. The van der Waals surface area contributed by atoms with Crippen molar-refractivity contribution in [3.05, 3.63) is 44.0 Å². The van der Waals surface area contributed by atoms with E-state index in [1.807, 2.05) is 0 Å². The molecular formula is C14H15ClN2O5. The molecule has 2 unspecified atom stereocenters. The van der Waals surface area contributed by atoms with Gasteiger partial charge in [0.15, 0.2) is 5.78 Å². The average molecular weight is 327 g/mol. The van der Waals surface area contributed by atoms with Gasteiger partial charge in [0.05, 0.1) is 5.03 Å². The highest BCUT2D eigenvalue weighted by Gasteiger charge is 2.55. The summed E-state index contributed by atoms with van der Waals surface area (Å²) in [4.78, 5) is 33.8. The van der Waals surface area contributed by atoms with Crippen molar-refractivity contribution in [3.8, 4) is 0 Å². The van der Waals surface area contributed by atoms with Crippen LogP contribution in [0.2, 0.25) is 0 Å². The van der Waals surface area contributed by atoms with Crippen LogP contribution in [0.15, 0.2) is 33.9 Å². The van der Waals surface area contributed by atoms with Gasteiger partial charge in [-0.25, -0.2) is 4.79 Å². The van der Waals surface area contributed by atoms with E-state index in [1.54, 1.807) is 0 Å². The topological polar surface area (TPSA) is 124 Å². The molecule has 0 heterocycles. The van der Waals surface area contributed by atoms with E-state index in [1.165, 1.54) is 13.0 Å². The van der Waals surface area contributed by atoms with Crippen molar-refractivity contribution in [3.63, 3.8) is 0 Å². The highest BCUT2D eigenvalue weighted by atomic mass is 35.5. The number of nitrogens with zero attached hydrogens (tertiary/aromatic N) is 1. The van der Waals surface area contributed by atoms with Gasteiger partial charge in [0.2, 0.25) is 0 Å². The van der Waals surface area contributed by atoms with Gasteiger partial charge in [-0.1, -0.05) is 11.6 Å². The largest absolute Gasteiger partial charge is 0.478 e. The Morgan fingerprint density at radius 2 is 2.14 bits per heavy atom. The predicted molar refractivity (Wildman–Crippen MR) is 78.9 cm³/mol. The van der Waals surface area contributed by atoms with Gasteiger partial charge in [-0.3, -0.25) is 14.9 Å². The smallest absolute Gasteiger partial charge is 0.338 e. The van der Waals surface area contributed by atoms with Gasteiger partial charge in [0.1, 0.15) is 11.1 Å². The van der Waals surface area contributed by atoms with E-state index in [9.17, 15) is 24.8 Å². The molecule has 0 radical (unpaired) electrons. The molecule has 2 rings (SSSR count). The first-order valence-electron chi connectivity index (χ1n) is 6.67. The summed E-state index contributed by atoms with van der Waals surface area (Å²) >= 11 is 6.22. The van der Waals surface area contributed by atoms with E-state index in [4.69, 9.17) is 17.3 Å². The van der Waals surface area contributed by atoms with Crippen LogP contribution in [0.3, 0.4) is 0 Å². The molecule has 3 N–H and O–H groups in total. The van der Waals surface area contributed by atoms with Crippen molar-refractivity contribution < 1.29 is 19.6 Å². The molecule has 8 heteroatoms. The minimum Gasteiger partial charge on any atom is -0.478 e. The van der Waals surface area contributed by atoms with Crippen LogP contribution in [-0.4, -0.2) is 33.4 Å². The summed E-state index contributed by atoms with van der Waals surface area (Å²) in [6, 6.07) is -1.74. The van der Waals surface area contributed by atoms with E-state index in [2.05, 4.69) is 0 Å². The summed E-state index contributed by atoms with van der Waals surface area (Å²) in [6.45, 7) is 1.54. The monoisotopic (exact) mass is 326 g/mol. The molecule has 2 aliphatic carbocycles. The number of carboxylic acids is 1. The van der Waals surface area contributed by atoms with Crippen LogP contribution >= 0.6 is 11.6 Å². The second-order valence-corrected chi connectivity index (χ2v) is 5.83. The Balaban J connectivity index is 2.70. The normalized spacial score (nSPS) is 29.0. The van der Waals surface area contributed by atoms with E-state index in [0.717, 1.165) is 6.08 Å². The minimum absolute atomic E-state index is 0.000139. The summed E-state index contributed by atoms with van der Waals surface area (Å²) in [5.41, 5.74) is 4.65. The number of hydrogen-bond donors (Lipinski definition) is 2. The zero-order valence-corrected chi connectivity index (χ0v) is 12.6. The van der Waals surface area contributed by atoms with Gasteiger partial charge in [0.25, 0.3) is 6.04 Å². The van der Waals surface area contributed by atoms with E-state index in [0.29, 0.717) is 30.4 Å². The maximum absolute atomic E-state index is 11.6. The van der Waals surface area contributed by atoms with Crippen molar-refractivity contribution in [2.45, 2.75) is 37.8 Å². The van der Waals surface area contributed by atoms with Gasteiger partial charge in [0, 0.05) is 11.3 Å². The molecule has 0 fully saturated rings. The third kappa shape index (κ3) is 2.46. The Kier molecular flexibility index (Phi) is 4.21. The third-order valence-corrected chi connectivity index (χ3v) is 4.61. The fraction of sp³-hybridized carbons (Fsp3) is 0.429.